The average Bonchev–Trinajstić information content (AvgIpc) is 2.97. The van der Waals surface area contributed by atoms with Crippen molar-refractivity contribution in [2.24, 2.45) is 11.8 Å². The highest BCUT2D eigenvalue weighted by Gasteiger charge is 2.29. The standard InChI is InChI=1S/C16H22N4O/c1-2-9-20-14(7-8-18-20)16(19-17)13-10-12-5-3-4-6-15(12)21-11-13/h3-8,13,16,19H,2,9-11,17H2,1H3. The lowest BCUT2D eigenvalue weighted by atomic mass is 9.89. The normalized spacial score (nSPS) is 18.9. The number of nitrogens with one attached hydrogen (secondary N) is 1. The third kappa shape index (κ3) is 2.80. The molecule has 0 bridgehead atoms. The van der Waals surface area contributed by atoms with Gasteiger partial charge < -0.3 is 4.74 Å². The van der Waals surface area contributed by atoms with Gasteiger partial charge in [0.15, 0.2) is 0 Å². The summed E-state index contributed by atoms with van der Waals surface area (Å²) in [5.41, 5.74) is 5.34. The van der Waals surface area contributed by atoms with Gasteiger partial charge in [-0.1, -0.05) is 25.1 Å². The Bertz CT molecular complexity index is 595. The summed E-state index contributed by atoms with van der Waals surface area (Å²) in [6.07, 6.45) is 3.85. The van der Waals surface area contributed by atoms with Crippen LogP contribution in [0.25, 0.3) is 0 Å². The van der Waals surface area contributed by atoms with Gasteiger partial charge in [0.2, 0.25) is 0 Å². The zero-order valence-electron chi connectivity index (χ0n) is 12.3. The Labute approximate surface area is 125 Å². The lowest BCUT2D eigenvalue weighted by molar-refractivity contribution is 0.180. The van der Waals surface area contributed by atoms with E-state index in [-0.39, 0.29) is 6.04 Å². The number of ether oxygens (including phenoxy) is 1. The first kappa shape index (κ1) is 14.1. The zero-order valence-corrected chi connectivity index (χ0v) is 12.3. The third-order valence-corrected chi connectivity index (χ3v) is 4.06. The predicted molar refractivity (Wildman–Crippen MR) is 81.7 cm³/mol. The SMILES string of the molecule is CCCn1nccc1C(NN)C1COc2ccccc2C1. The van der Waals surface area contributed by atoms with E-state index in [2.05, 4.69) is 29.6 Å². The Balaban J connectivity index is 1.83. The zero-order chi connectivity index (χ0) is 14.7. The van der Waals surface area contributed by atoms with Crippen LogP contribution in [0.2, 0.25) is 0 Å². The topological polar surface area (TPSA) is 65.1 Å². The summed E-state index contributed by atoms with van der Waals surface area (Å²) in [7, 11) is 0. The predicted octanol–water partition coefficient (Wildman–Crippen LogP) is 2.05. The summed E-state index contributed by atoms with van der Waals surface area (Å²) in [5.74, 6) is 7.13. The number of fused-ring (bicyclic) bond motifs is 1. The van der Waals surface area contributed by atoms with Crippen molar-refractivity contribution in [3.8, 4) is 5.75 Å². The van der Waals surface area contributed by atoms with Gasteiger partial charge in [-0.3, -0.25) is 16.0 Å². The van der Waals surface area contributed by atoms with Crippen LogP contribution < -0.4 is 16.0 Å². The lowest BCUT2D eigenvalue weighted by Gasteiger charge is -2.31. The molecule has 112 valence electrons. The lowest BCUT2D eigenvalue weighted by Crippen LogP contribution is -2.39. The summed E-state index contributed by atoms with van der Waals surface area (Å²) < 4.78 is 7.92. The molecule has 3 rings (SSSR count). The van der Waals surface area contributed by atoms with Crippen LogP contribution in [0.3, 0.4) is 0 Å². The van der Waals surface area contributed by atoms with Crippen molar-refractivity contribution in [3.63, 3.8) is 0 Å². The van der Waals surface area contributed by atoms with Crippen LogP contribution in [0, 0.1) is 5.92 Å². The van der Waals surface area contributed by atoms with E-state index < -0.39 is 0 Å². The minimum absolute atomic E-state index is 0.0485. The van der Waals surface area contributed by atoms with Gasteiger partial charge >= 0.3 is 0 Å². The fraction of sp³-hybridized carbons (Fsp3) is 0.438. The van der Waals surface area contributed by atoms with Crippen LogP contribution in [-0.4, -0.2) is 16.4 Å². The number of nitrogens with zero attached hydrogens (tertiary/aromatic N) is 2. The van der Waals surface area contributed by atoms with E-state index in [0.717, 1.165) is 30.8 Å². The highest BCUT2D eigenvalue weighted by molar-refractivity contribution is 5.35. The summed E-state index contributed by atoms with van der Waals surface area (Å²) in [6.45, 7) is 3.73. The molecule has 0 saturated carbocycles. The van der Waals surface area contributed by atoms with E-state index in [1.54, 1.807) is 0 Å². The molecule has 2 unspecified atom stereocenters. The second-order valence-electron chi connectivity index (χ2n) is 5.51. The number of nitrogens with two attached hydrogens (primary N) is 1. The van der Waals surface area contributed by atoms with Gasteiger partial charge in [-0.15, -0.1) is 0 Å². The van der Waals surface area contributed by atoms with Gasteiger partial charge in [-0.25, -0.2) is 0 Å². The Morgan fingerprint density at radius 2 is 2.29 bits per heavy atom. The first-order chi connectivity index (χ1) is 10.3. The average molecular weight is 286 g/mol. The highest BCUT2D eigenvalue weighted by Crippen LogP contribution is 2.33. The number of rotatable bonds is 5. The molecule has 5 heteroatoms. The molecule has 2 heterocycles. The number of para-hydroxylation sites is 1. The Morgan fingerprint density at radius 1 is 1.43 bits per heavy atom. The molecule has 0 aliphatic carbocycles. The number of hydrogen-bond acceptors (Lipinski definition) is 4. The van der Waals surface area contributed by atoms with Crippen LogP contribution >= 0.6 is 0 Å². The second-order valence-corrected chi connectivity index (χ2v) is 5.51. The molecule has 0 amide bonds. The van der Waals surface area contributed by atoms with E-state index in [4.69, 9.17) is 10.6 Å². The summed E-state index contributed by atoms with van der Waals surface area (Å²) in [4.78, 5) is 0. The molecule has 1 aliphatic heterocycles. The molecule has 2 aromatic rings. The maximum atomic E-state index is 5.89. The third-order valence-electron chi connectivity index (χ3n) is 4.06. The fourth-order valence-electron chi connectivity index (χ4n) is 3.03. The molecule has 0 radical (unpaired) electrons. The van der Waals surface area contributed by atoms with Gasteiger partial charge in [0.05, 0.1) is 18.3 Å². The molecule has 1 aromatic heterocycles. The van der Waals surface area contributed by atoms with E-state index in [0.29, 0.717) is 12.5 Å². The minimum atomic E-state index is 0.0485. The number of hydrazine groups is 1. The second kappa shape index (κ2) is 6.28. The van der Waals surface area contributed by atoms with Gasteiger partial charge in [-0.2, -0.15) is 5.10 Å². The minimum Gasteiger partial charge on any atom is -0.493 e. The molecule has 21 heavy (non-hydrogen) atoms. The molecule has 1 aliphatic rings. The molecular weight excluding hydrogens is 264 g/mol. The highest BCUT2D eigenvalue weighted by atomic mass is 16.5. The number of aryl methyl sites for hydroxylation is 1. The van der Waals surface area contributed by atoms with E-state index in [9.17, 15) is 0 Å². The van der Waals surface area contributed by atoms with Crippen LogP contribution in [0.15, 0.2) is 36.5 Å². The molecule has 5 nitrogen and oxygen atoms in total. The molecule has 0 spiro atoms. The van der Waals surface area contributed by atoms with Crippen LogP contribution in [0.1, 0.15) is 30.6 Å². The Morgan fingerprint density at radius 3 is 3.10 bits per heavy atom. The van der Waals surface area contributed by atoms with Crippen molar-refractivity contribution in [1.29, 1.82) is 0 Å². The van der Waals surface area contributed by atoms with Crippen molar-refractivity contribution >= 4 is 0 Å². The maximum absolute atomic E-state index is 5.89. The van der Waals surface area contributed by atoms with Crippen LogP contribution in [0.4, 0.5) is 0 Å². The van der Waals surface area contributed by atoms with Crippen molar-refractivity contribution in [2.75, 3.05) is 6.61 Å². The number of benzene rings is 1. The summed E-state index contributed by atoms with van der Waals surface area (Å²) in [5, 5.41) is 4.39. The van der Waals surface area contributed by atoms with Crippen molar-refractivity contribution in [3.05, 3.63) is 47.8 Å². The first-order valence-electron chi connectivity index (χ1n) is 7.52. The largest absolute Gasteiger partial charge is 0.493 e. The van der Waals surface area contributed by atoms with Crippen molar-refractivity contribution < 1.29 is 4.74 Å². The van der Waals surface area contributed by atoms with Crippen molar-refractivity contribution in [2.45, 2.75) is 32.4 Å². The molecular formula is C16H22N4O. The van der Waals surface area contributed by atoms with E-state index in [1.165, 1.54) is 5.56 Å². The van der Waals surface area contributed by atoms with Gasteiger partial charge in [0.25, 0.3) is 0 Å². The van der Waals surface area contributed by atoms with Gasteiger partial charge in [0, 0.05) is 18.7 Å². The monoisotopic (exact) mass is 286 g/mol. The summed E-state index contributed by atoms with van der Waals surface area (Å²) in [6, 6.07) is 10.3. The van der Waals surface area contributed by atoms with E-state index >= 15 is 0 Å². The van der Waals surface area contributed by atoms with Gasteiger partial charge in [0.1, 0.15) is 5.75 Å². The number of aromatic nitrogens is 2. The molecule has 0 saturated heterocycles. The molecule has 3 N–H and O–H groups in total. The fourth-order valence-corrected chi connectivity index (χ4v) is 3.03. The van der Waals surface area contributed by atoms with Gasteiger partial charge in [-0.05, 0) is 30.5 Å². The molecule has 0 fully saturated rings. The Hall–Kier alpha value is -1.85. The maximum Gasteiger partial charge on any atom is 0.122 e. The molecule has 2 atom stereocenters. The summed E-state index contributed by atoms with van der Waals surface area (Å²) >= 11 is 0. The quantitative estimate of drug-likeness (QED) is 0.652. The Kier molecular flexibility index (Phi) is 4.22. The first-order valence-corrected chi connectivity index (χ1v) is 7.52. The van der Waals surface area contributed by atoms with Crippen LogP contribution in [0.5, 0.6) is 5.75 Å². The smallest absolute Gasteiger partial charge is 0.122 e. The molecule has 1 aromatic carbocycles. The van der Waals surface area contributed by atoms with Crippen molar-refractivity contribution in [1.82, 2.24) is 15.2 Å². The van der Waals surface area contributed by atoms with E-state index in [1.807, 2.05) is 29.1 Å². The van der Waals surface area contributed by atoms with Crippen LogP contribution in [-0.2, 0) is 13.0 Å². The number of hydrogen-bond donors (Lipinski definition) is 2.